The maximum Gasteiger partial charge on any atom is 0.407 e. The number of hydrogen-bond donors (Lipinski definition) is 4. The van der Waals surface area contributed by atoms with Gasteiger partial charge in [0.05, 0.1) is 49.1 Å². The van der Waals surface area contributed by atoms with Gasteiger partial charge in [0.1, 0.15) is 17.9 Å². The van der Waals surface area contributed by atoms with Crippen LogP contribution in [-0.2, 0) is 24.5 Å². The Morgan fingerprint density at radius 1 is 0.725 bits per heavy atom. The average molecular weight is 939 g/mol. The van der Waals surface area contributed by atoms with Crippen molar-refractivity contribution in [1.82, 2.24) is 50.4 Å². The number of methoxy groups -OCH3 is 2. The number of carbonyl (C=O) groups excluding carboxylic acids is 4. The molecule has 5 aromatic rings. The summed E-state index contributed by atoms with van der Waals surface area (Å²) >= 11 is 0. The molecular weight excluding hydrogens is 873 g/mol. The number of allylic oxidation sites excluding steroid dienone is 4. The summed E-state index contributed by atoms with van der Waals surface area (Å²) in [5.41, 5.74) is 9.15. The van der Waals surface area contributed by atoms with Gasteiger partial charge in [0.2, 0.25) is 11.8 Å². The number of aromatic nitrogens is 6. The number of alkyl carbamates (subject to hydrolysis) is 2. The Kier molecular flexibility index (Phi) is 14.3. The Bertz CT molecular complexity index is 2700. The summed E-state index contributed by atoms with van der Waals surface area (Å²) in [5.74, 6) is 0.664. The Morgan fingerprint density at radius 2 is 1.30 bits per heavy atom. The first-order valence-corrected chi connectivity index (χ1v) is 24.2. The fourth-order valence-corrected chi connectivity index (χ4v) is 9.79. The van der Waals surface area contributed by atoms with Crippen molar-refractivity contribution >= 4 is 29.6 Å². The van der Waals surface area contributed by atoms with E-state index in [0.717, 1.165) is 77.3 Å². The van der Waals surface area contributed by atoms with E-state index in [1.165, 1.54) is 19.8 Å². The molecular formula is C53H66N10O6. The number of aromatic amines is 2. The van der Waals surface area contributed by atoms with Crippen LogP contribution >= 0.6 is 0 Å². The summed E-state index contributed by atoms with van der Waals surface area (Å²) in [5, 5.41) is 21.1. The Hall–Kier alpha value is -6.97. The van der Waals surface area contributed by atoms with E-state index in [1.54, 1.807) is 4.90 Å². The minimum atomic E-state index is -0.722. The highest BCUT2D eigenvalue weighted by molar-refractivity contribution is 5.87. The molecule has 0 spiro atoms. The highest BCUT2D eigenvalue weighted by Gasteiger charge is 2.39. The lowest BCUT2D eigenvalue weighted by Gasteiger charge is -2.30. The summed E-state index contributed by atoms with van der Waals surface area (Å²) in [4.78, 5) is 60.2. The second kappa shape index (κ2) is 20.3. The first-order valence-electron chi connectivity index (χ1n) is 24.2. The molecule has 69 heavy (non-hydrogen) atoms. The van der Waals surface area contributed by atoms with Gasteiger partial charge in [-0.1, -0.05) is 103 Å². The molecule has 2 aromatic carbocycles. The van der Waals surface area contributed by atoms with Crippen LogP contribution in [0.4, 0.5) is 9.59 Å². The quantitative estimate of drug-likeness (QED) is 0.0891. The van der Waals surface area contributed by atoms with E-state index in [2.05, 4.69) is 124 Å². The molecule has 8 rings (SSSR count). The first kappa shape index (κ1) is 48.5. The van der Waals surface area contributed by atoms with Crippen molar-refractivity contribution in [3.63, 3.8) is 0 Å². The van der Waals surface area contributed by atoms with Gasteiger partial charge in [-0.25, -0.2) is 14.6 Å². The Morgan fingerprint density at radius 3 is 1.87 bits per heavy atom. The molecule has 5 atom stereocenters. The minimum Gasteiger partial charge on any atom is -0.453 e. The van der Waals surface area contributed by atoms with Crippen LogP contribution < -0.4 is 10.6 Å². The maximum atomic E-state index is 13.8. The number of carbonyl (C=O) groups is 4. The van der Waals surface area contributed by atoms with Crippen LogP contribution in [0.5, 0.6) is 0 Å². The van der Waals surface area contributed by atoms with E-state index < -0.39 is 24.3 Å². The van der Waals surface area contributed by atoms with Crippen LogP contribution in [0.3, 0.4) is 0 Å². The van der Waals surface area contributed by atoms with E-state index >= 15 is 0 Å². The fraction of sp³-hybridized carbons (Fsp3) is 0.453. The molecule has 5 heterocycles. The molecule has 2 aliphatic heterocycles. The summed E-state index contributed by atoms with van der Waals surface area (Å²) in [7, 11) is 2.59. The monoisotopic (exact) mass is 939 g/mol. The van der Waals surface area contributed by atoms with Crippen molar-refractivity contribution in [3.8, 4) is 28.3 Å². The first-order chi connectivity index (χ1) is 33.1. The van der Waals surface area contributed by atoms with Crippen LogP contribution in [0.2, 0.25) is 0 Å². The summed E-state index contributed by atoms with van der Waals surface area (Å²) in [6.45, 7) is 15.4. The molecule has 3 aromatic heterocycles. The molecule has 2 saturated heterocycles. The van der Waals surface area contributed by atoms with Gasteiger partial charge < -0.3 is 34.5 Å². The Labute approximate surface area is 404 Å². The van der Waals surface area contributed by atoms with E-state index in [9.17, 15) is 19.2 Å². The van der Waals surface area contributed by atoms with Crippen molar-refractivity contribution in [2.24, 2.45) is 11.8 Å². The van der Waals surface area contributed by atoms with Gasteiger partial charge in [0, 0.05) is 30.3 Å². The zero-order valence-electron chi connectivity index (χ0n) is 41.2. The van der Waals surface area contributed by atoms with E-state index in [-0.39, 0.29) is 47.1 Å². The predicted octanol–water partition coefficient (Wildman–Crippen LogP) is 9.17. The van der Waals surface area contributed by atoms with Crippen molar-refractivity contribution in [1.29, 1.82) is 0 Å². The van der Waals surface area contributed by atoms with Crippen molar-refractivity contribution in [3.05, 3.63) is 113 Å². The van der Waals surface area contributed by atoms with Gasteiger partial charge in [-0.3, -0.25) is 19.8 Å². The molecule has 4 N–H and O–H groups in total. The van der Waals surface area contributed by atoms with Gasteiger partial charge in [-0.15, -0.1) is 0 Å². The fourth-order valence-electron chi connectivity index (χ4n) is 9.79. The molecule has 1 aliphatic carbocycles. The topological polar surface area (TPSA) is 192 Å². The van der Waals surface area contributed by atoms with Crippen LogP contribution in [0, 0.1) is 11.8 Å². The molecule has 0 saturated carbocycles. The predicted molar refractivity (Wildman–Crippen MR) is 264 cm³/mol. The second-order valence-corrected chi connectivity index (χ2v) is 20.1. The summed E-state index contributed by atoms with van der Waals surface area (Å²) < 4.78 is 11.9. The number of nitrogens with one attached hydrogen (secondary N) is 4. The molecule has 0 bridgehead atoms. The molecule has 364 valence electrons. The van der Waals surface area contributed by atoms with E-state index in [1.807, 2.05) is 44.7 Å². The number of rotatable bonds is 13. The van der Waals surface area contributed by atoms with Crippen molar-refractivity contribution in [2.75, 3.05) is 27.3 Å². The number of hydrogen-bond acceptors (Lipinski definition) is 9. The van der Waals surface area contributed by atoms with Gasteiger partial charge in [-0.05, 0) is 96.4 Å². The third-order valence-electron chi connectivity index (χ3n) is 13.7. The SMILES string of the molecule is COC(=O)N[C@H](C(=O)N1CCC[C@H]1c1cc(C2C=CC(c3ccc(-c4ccc(-c5n[nH]c([C@@H]6CCCN6C(=O)[C@@H](NC(=O)OC)C(C)C)n5)cc4)n3-c3ccc(C(C)(C)C)cc3)=CC2)n[nH]1)C(C)C. The van der Waals surface area contributed by atoms with E-state index in [4.69, 9.17) is 19.6 Å². The highest BCUT2D eigenvalue weighted by atomic mass is 16.5. The lowest BCUT2D eigenvalue weighted by molar-refractivity contribution is -0.136. The molecule has 1 unspecified atom stereocenters. The zero-order valence-corrected chi connectivity index (χ0v) is 41.2. The van der Waals surface area contributed by atoms with Crippen molar-refractivity contribution < 1.29 is 28.7 Å². The molecule has 16 heteroatoms. The second-order valence-electron chi connectivity index (χ2n) is 20.1. The summed E-state index contributed by atoms with van der Waals surface area (Å²) in [6.07, 6.45) is 9.37. The van der Waals surface area contributed by atoms with Crippen LogP contribution in [0.25, 0.3) is 33.9 Å². The third-order valence-corrected chi connectivity index (χ3v) is 13.7. The number of nitrogens with zero attached hydrogens (tertiary/aromatic N) is 6. The van der Waals surface area contributed by atoms with Crippen LogP contribution in [0.1, 0.15) is 127 Å². The lowest BCUT2D eigenvalue weighted by atomic mass is 9.87. The highest BCUT2D eigenvalue weighted by Crippen LogP contribution is 2.39. The maximum absolute atomic E-state index is 13.8. The smallest absolute Gasteiger partial charge is 0.407 e. The number of amides is 4. The molecule has 3 aliphatic rings. The number of benzene rings is 2. The van der Waals surface area contributed by atoms with Gasteiger partial charge in [0.15, 0.2) is 5.82 Å². The van der Waals surface area contributed by atoms with Crippen molar-refractivity contribution in [2.45, 2.75) is 116 Å². The summed E-state index contributed by atoms with van der Waals surface area (Å²) in [6, 6.07) is 21.6. The van der Waals surface area contributed by atoms with E-state index in [0.29, 0.717) is 24.7 Å². The van der Waals surface area contributed by atoms with Gasteiger partial charge >= 0.3 is 12.2 Å². The van der Waals surface area contributed by atoms with Crippen LogP contribution in [0.15, 0.2) is 85.0 Å². The standard InChI is InChI=1S/C53H66N10O6/c1-31(2)45(54-51(66)68-8)49(64)61-28-10-12-43(61)40-30-39(57-58-40)33-14-16-34(17-15-33)41-26-27-42(63(41)38-24-22-37(23-25-38)53(5,6)7)35-18-20-36(21-19-35)47-56-48(60-59-47)44-13-11-29-62(44)50(65)46(32(3)4)55-52(67)69-9/h14,16-27,30-33,43-46H,10-13,15,28-29H2,1-9H3,(H,54,66)(H,55,67)(H,57,58)(H,56,59,60)/t33?,43-,44-,45-,46-/m0/s1. The zero-order chi connectivity index (χ0) is 49.1. The Balaban J connectivity index is 1.02. The minimum absolute atomic E-state index is 0.000230. The largest absolute Gasteiger partial charge is 0.453 e. The molecule has 2 fully saturated rings. The normalized spacial score (nSPS) is 19.2. The third kappa shape index (κ3) is 10.3. The average Bonchev–Trinajstić information content (AvgIpc) is 4.21. The van der Waals surface area contributed by atoms with Gasteiger partial charge in [-0.2, -0.15) is 10.2 Å². The lowest BCUT2D eigenvalue weighted by Crippen LogP contribution is -2.51. The number of ether oxygens (including phenoxy) is 2. The van der Waals surface area contributed by atoms with Gasteiger partial charge in [0.25, 0.3) is 0 Å². The number of likely N-dealkylation sites (tertiary alicyclic amines) is 2. The number of H-pyrrole nitrogens is 2. The molecule has 0 radical (unpaired) electrons. The van der Waals surface area contributed by atoms with Crippen LogP contribution in [-0.4, -0.2) is 103 Å². The molecule has 4 amide bonds. The molecule has 16 nitrogen and oxygen atoms in total.